The van der Waals surface area contributed by atoms with Crippen LogP contribution >= 0.6 is 0 Å². The first kappa shape index (κ1) is 13.6. The van der Waals surface area contributed by atoms with E-state index in [1.54, 1.807) is 0 Å². The molecular formula is C9H14O6. The minimum absolute atomic E-state index is 0.424. The van der Waals surface area contributed by atoms with Gasteiger partial charge in [-0.05, 0) is 6.92 Å². The molecule has 86 valence electrons. The lowest BCUT2D eigenvalue weighted by Crippen LogP contribution is -2.43. The molecule has 0 amide bonds. The molecule has 0 heterocycles. The summed E-state index contributed by atoms with van der Waals surface area (Å²) in [6.45, 7) is 1.20. The number of ketones is 1. The van der Waals surface area contributed by atoms with Crippen molar-refractivity contribution in [2.24, 2.45) is 0 Å². The predicted molar refractivity (Wildman–Crippen MR) is 48.9 cm³/mol. The topological polar surface area (TPSA) is 89.9 Å². The number of ether oxygens (including phenoxy) is 2. The van der Waals surface area contributed by atoms with Crippen LogP contribution < -0.4 is 0 Å². The Morgan fingerprint density at radius 3 is 2.00 bits per heavy atom. The minimum Gasteiger partial charge on any atom is -0.469 e. The lowest BCUT2D eigenvalue weighted by atomic mass is 9.94. The van der Waals surface area contributed by atoms with Gasteiger partial charge in [-0.25, -0.2) is 4.79 Å². The molecule has 0 rings (SSSR count). The van der Waals surface area contributed by atoms with Crippen molar-refractivity contribution in [3.63, 3.8) is 0 Å². The van der Waals surface area contributed by atoms with E-state index < -0.39 is 36.2 Å². The summed E-state index contributed by atoms with van der Waals surface area (Å²) < 4.78 is 8.62. The maximum atomic E-state index is 11.2. The number of hydrogen-bond acceptors (Lipinski definition) is 6. The standard InChI is InChI=1S/C9H14O6/c1-6(10)4-9(13,8(12)15-3)5-7(11)14-2/h13H,4-5H2,1-3H3. The van der Waals surface area contributed by atoms with Crippen molar-refractivity contribution in [1.82, 2.24) is 0 Å². The smallest absolute Gasteiger partial charge is 0.338 e. The Kier molecular flexibility index (Phi) is 4.93. The molecule has 0 radical (unpaired) electrons. The van der Waals surface area contributed by atoms with Crippen LogP contribution in [0.4, 0.5) is 0 Å². The molecule has 0 aromatic carbocycles. The lowest BCUT2D eigenvalue weighted by molar-refractivity contribution is -0.171. The Labute approximate surface area is 87.2 Å². The van der Waals surface area contributed by atoms with E-state index in [9.17, 15) is 19.5 Å². The Hall–Kier alpha value is -1.43. The van der Waals surface area contributed by atoms with E-state index in [0.29, 0.717) is 0 Å². The fourth-order valence-electron chi connectivity index (χ4n) is 1.12. The first-order valence-electron chi connectivity index (χ1n) is 4.22. The van der Waals surface area contributed by atoms with Gasteiger partial charge in [0.15, 0.2) is 5.60 Å². The van der Waals surface area contributed by atoms with Crippen molar-refractivity contribution in [3.05, 3.63) is 0 Å². The van der Waals surface area contributed by atoms with Gasteiger partial charge in [0.2, 0.25) is 0 Å². The van der Waals surface area contributed by atoms with Crippen molar-refractivity contribution in [3.8, 4) is 0 Å². The summed E-state index contributed by atoms with van der Waals surface area (Å²) >= 11 is 0. The molecule has 0 aromatic heterocycles. The summed E-state index contributed by atoms with van der Waals surface area (Å²) in [6.07, 6.45) is -1.08. The zero-order valence-electron chi connectivity index (χ0n) is 8.90. The van der Waals surface area contributed by atoms with Gasteiger partial charge in [0.1, 0.15) is 5.78 Å². The van der Waals surface area contributed by atoms with E-state index in [2.05, 4.69) is 9.47 Å². The molecule has 1 N–H and O–H groups in total. The molecular weight excluding hydrogens is 204 g/mol. The Morgan fingerprint density at radius 1 is 1.13 bits per heavy atom. The molecule has 15 heavy (non-hydrogen) atoms. The average Bonchev–Trinajstić information content (AvgIpc) is 2.14. The van der Waals surface area contributed by atoms with E-state index in [4.69, 9.17) is 0 Å². The Bertz CT molecular complexity index is 272. The lowest BCUT2D eigenvalue weighted by Gasteiger charge is -2.22. The van der Waals surface area contributed by atoms with Crippen LogP contribution in [0.3, 0.4) is 0 Å². The van der Waals surface area contributed by atoms with E-state index >= 15 is 0 Å². The van der Waals surface area contributed by atoms with Gasteiger partial charge in [-0.1, -0.05) is 0 Å². The summed E-state index contributed by atoms with van der Waals surface area (Å²) in [7, 11) is 2.18. The molecule has 0 aliphatic rings. The van der Waals surface area contributed by atoms with Crippen LogP contribution in [0.1, 0.15) is 19.8 Å². The highest BCUT2D eigenvalue weighted by molar-refractivity contribution is 5.91. The first-order valence-corrected chi connectivity index (χ1v) is 4.22. The van der Waals surface area contributed by atoms with Gasteiger partial charge in [0, 0.05) is 6.42 Å². The molecule has 0 bridgehead atoms. The van der Waals surface area contributed by atoms with Crippen LogP contribution in [0.5, 0.6) is 0 Å². The number of Topliss-reactive ketones (excluding diaryl/α,β-unsaturated/α-hetero) is 1. The molecule has 0 aromatic rings. The largest absolute Gasteiger partial charge is 0.469 e. The van der Waals surface area contributed by atoms with Gasteiger partial charge in [-0.15, -0.1) is 0 Å². The highest BCUT2D eigenvalue weighted by Crippen LogP contribution is 2.18. The normalized spacial score (nSPS) is 13.9. The highest BCUT2D eigenvalue weighted by atomic mass is 16.5. The second-order valence-electron chi connectivity index (χ2n) is 3.15. The third-order valence-corrected chi connectivity index (χ3v) is 1.77. The summed E-state index contributed by atoms with van der Waals surface area (Å²) in [6, 6.07) is 0. The SMILES string of the molecule is COC(=O)CC(O)(CC(C)=O)C(=O)OC. The maximum Gasteiger partial charge on any atom is 0.338 e. The second kappa shape index (κ2) is 5.45. The van der Waals surface area contributed by atoms with Crippen LogP contribution in [-0.4, -0.2) is 42.6 Å². The average molecular weight is 218 g/mol. The fourth-order valence-corrected chi connectivity index (χ4v) is 1.12. The molecule has 0 fully saturated rings. The van der Waals surface area contributed by atoms with Crippen LogP contribution in [-0.2, 0) is 23.9 Å². The van der Waals surface area contributed by atoms with Gasteiger partial charge >= 0.3 is 11.9 Å². The Morgan fingerprint density at radius 2 is 1.67 bits per heavy atom. The number of esters is 2. The van der Waals surface area contributed by atoms with Gasteiger partial charge < -0.3 is 14.6 Å². The number of aliphatic hydroxyl groups is 1. The van der Waals surface area contributed by atoms with Gasteiger partial charge in [0.05, 0.1) is 20.6 Å². The highest BCUT2D eigenvalue weighted by Gasteiger charge is 2.41. The summed E-state index contributed by atoms with van der Waals surface area (Å²) in [5, 5.41) is 9.76. The summed E-state index contributed by atoms with van der Waals surface area (Å²) in [4.78, 5) is 32.9. The fraction of sp³-hybridized carbons (Fsp3) is 0.667. The van der Waals surface area contributed by atoms with Crippen LogP contribution in [0.25, 0.3) is 0 Å². The zero-order chi connectivity index (χ0) is 12.1. The van der Waals surface area contributed by atoms with E-state index in [1.165, 1.54) is 6.92 Å². The number of carbonyl (C=O) groups excluding carboxylic acids is 3. The van der Waals surface area contributed by atoms with Crippen molar-refractivity contribution >= 4 is 17.7 Å². The predicted octanol–water partition coefficient (Wildman–Crippen LogP) is -0.567. The van der Waals surface area contributed by atoms with Crippen molar-refractivity contribution < 1.29 is 29.0 Å². The van der Waals surface area contributed by atoms with Crippen LogP contribution in [0.2, 0.25) is 0 Å². The molecule has 0 saturated carbocycles. The van der Waals surface area contributed by atoms with Crippen molar-refractivity contribution in [1.29, 1.82) is 0 Å². The molecule has 1 atom stereocenters. The molecule has 0 aliphatic carbocycles. The zero-order valence-corrected chi connectivity index (χ0v) is 8.90. The van der Waals surface area contributed by atoms with Gasteiger partial charge in [-0.3, -0.25) is 9.59 Å². The second-order valence-corrected chi connectivity index (χ2v) is 3.15. The van der Waals surface area contributed by atoms with Crippen molar-refractivity contribution in [2.75, 3.05) is 14.2 Å². The van der Waals surface area contributed by atoms with E-state index in [1.807, 2.05) is 0 Å². The molecule has 0 spiro atoms. The molecule has 1 unspecified atom stereocenters. The third kappa shape index (κ3) is 4.07. The first-order chi connectivity index (χ1) is 6.85. The molecule has 6 heteroatoms. The van der Waals surface area contributed by atoms with E-state index in [0.717, 1.165) is 14.2 Å². The minimum atomic E-state index is -2.13. The monoisotopic (exact) mass is 218 g/mol. The Balaban J connectivity index is 4.76. The quantitative estimate of drug-likeness (QED) is 0.622. The molecule has 6 nitrogen and oxygen atoms in total. The number of rotatable bonds is 5. The summed E-state index contributed by atoms with van der Waals surface area (Å²) in [5.74, 6) is -2.24. The van der Waals surface area contributed by atoms with Gasteiger partial charge in [-0.2, -0.15) is 0 Å². The summed E-state index contributed by atoms with van der Waals surface area (Å²) in [5.41, 5.74) is -2.13. The number of methoxy groups -OCH3 is 2. The van der Waals surface area contributed by atoms with Gasteiger partial charge in [0.25, 0.3) is 0 Å². The van der Waals surface area contributed by atoms with Crippen LogP contribution in [0, 0.1) is 0 Å². The molecule has 0 aliphatic heterocycles. The van der Waals surface area contributed by atoms with E-state index in [-0.39, 0.29) is 0 Å². The third-order valence-electron chi connectivity index (χ3n) is 1.77. The van der Waals surface area contributed by atoms with Crippen molar-refractivity contribution in [2.45, 2.75) is 25.4 Å². The number of hydrogen-bond donors (Lipinski definition) is 1. The maximum absolute atomic E-state index is 11.2. The molecule has 0 saturated heterocycles. The van der Waals surface area contributed by atoms with Crippen LogP contribution in [0.15, 0.2) is 0 Å². The number of carbonyl (C=O) groups is 3.